The molecule has 9 heteroatoms. The number of likely N-dealkylation sites (tertiary alicyclic amines) is 1. The third kappa shape index (κ3) is 5.86. The van der Waals surface area contributed by atoms with Gasteiger partial charge in [-0.1, -0.05) is 6.08 Å². The maximum Gasteiger partial charge on any atom is 0.251 e. The summed E-state index contributed by atoms with van der Waals surface area (Å²) in [5, 5.41) is 16.4. The molecule has 0 aromatic rings. The Kier molecular flexibility index (Phi) is 7.09. The van der Waals surface area contributed by atoms with Gasteiger partial charge in [0, 0.05) is 50.4 Å². The van der Waals surface area contributed by atoms with Gasteiger partial charge in [0.05, 0.1) is 30.7 Å². The van der Waals surface area contributed by atoms with E-state index >= 15 is 0 Å². The molecule has 0 spiro atoms. The highest BCUT2D eigenvalue weighted by atomic mass is 19.3. The molecule has 0 amide bonds. The van der Waals surface area contributed by atoms with Gasteiger partial charge >= 0.3 is 0 Å². The second-order valence-electron chi connectivity index (χ2n) is 6.58. The third-order valence-corrected chi connectivity index (χ3v) is 4.54. The van der Waals surface area contributed by atoms with Crippen LogP contribution in [0.25, 0.3) is 0 Å². The number of ether oxygens (including phenoxy) is 2. The fourth-order valence-corrected chi connectivity index (χ4v) is 2.87. The quantitative estimate of drug-likeness (QED) is 0.303. The van der Waals surface area contributed by atoms with Crippen LogP contribution in [0.1, 0.15) is 19.3 Å². The average molecular weight is 383 g/mol. The first-order valence-corrected chi connectivity index (χ1v) is 8.79. The first-order valence-electron chi connectivity index (χ1n) is 8.79. The molecule has 1 heterocycles. The number of nitrogens with zero attached hydrogens (tertiary/aromatic N) is 1. The van der Waals surface area contributed by atoms with Gasteiger partial charge in [-0.3, -0.25) is 10.8 Å². The molecule has 7 nitrogen and oxygen atoms in total. The van der Waals surface area contributed by atoms with Crippen LogP contribution < -0.4 is 11.5 Å². The molecule has 2 rings (SSSR count). The van der Waals surface area contributed by atoms with Crippen LogP contribution in [0.15, 0.2) is 35.2 Å². The average Bonchev–Trinajstić information content (AvgIpc) is 2.62. The molecule has 1 saturated heterocycles. The second-order valence-corrected chi connectivity index (χ2v) is 6.58. The van der Waals surface area contributed by atoms with E-state index in [9.17, 15) is 8.78 Å². The lowest BCUT2D eigenvalue weighted by atomic mass is 9.96. The van der Waals surface area contributed by atoms with E-state index in [1.165, 1.54) is 11.0 Å². The van der Waals surface area contributed by atoms with E-state index in [4.69, 9.17) is 31.8 Å². The van der Waals surface area contributed by atoms with E-state index < -0.39 is 5.92 Å². The molecule has 6 N–H and O–H groups in total. The van der Waals surface area contributed by atoms with Crippen molar-refractivity contribution >= 4 is 11.5 Å². The number of alkyl halides is 2. The van der Waals surface area contributed by atoms with Crippen molar-refractivity contribution in [2.45, 2.75) is 31.3 Å². The summed E-state index contributed by atoms with van der Waals surface area (Å²) in [4.78, 5) is 1.53. The van der Waals surface area contributed by atoms with Crippen LogP contribution in [-0.4, -0.2) is 61.9 Å². The lowest BCUT2D eigenvalue weighted by Crippen LogP contribution is -2.42. The first-order chi connectivity index (χ1) is 12.7. The van der Waals surface area contributed by atoms with Crippen molar-refractivity contribution in [3.05, 3.63) is 35.2 Å². The summed E-state index contributed by atoms with van der Waals surface area (Å²) in [5.41, 5.74) is 12.9. The zero-order valence-corrected chi connectivity index (χ0v) is 15.4. The molecule has 27 heavy (non-hydrogen) atoms. The number of rotatable bonds is 7. The third-order valence-electron chi connectivity index (χ3n) is 4.54. The Bertz CT molecular complexity index is 663. The van der Waals surface area contributed by atoms with E-state index in [2.05, 4.69) is 0 Å². The smallest absolute Gasteiger partial charge is 0.251 e. The van der Waals surface area contributed by atoms with Crippen molar-refractivity contribution < 1.29 is 18.3 Å². The number of nitrogens with two attached hydrogens (primary N) is 2. The molecule has 1 fully saturated rings. The summed E-state index contributed by atoms with van der Waals surface area (Å²) in [6.07, 6.45) is 4.60. The Morgan fingerprint density at radius 3 is 2.63 bits per heavy atom. The highest BCUT2D eigenvalue weighted by Crippen LogP contribution is 2.28. The van der Waals surface area contributed by atoms with Crippen molar-refractivity contribution in [1.29, 1.82) is 10.8 Å². The van der Waals surface area contributed by atoms with Crippen molar-refractivity contribution in [1.82, 2.24) is 4.90 Å². The monoisotopic (exact) mass is 383 g/mol. The lowest BCUT2D eigenvalue weighted by molar-refractivity contribution is -0.0434. The summed E-state index contributed by atoms with van der Waals surface area (Å²) in [5.74, 6) is -2.66. The number of piperidine rings is 1. The fourth-order valence-electron chi connectivity index (χ4n) is 2.87. The van der Waals surface area contributed by atoms with Crippen LogP contribution in [0.5, 0.6) is 0 Å². The molecule has 2 aliphatic rings. The molecule has 0 saturated carbocycles. The summed E-state index contributed by atoms with van der Waals surface area (Å²) < 4.78 is 37.1. The predicted octanol–water partition coefficient (Wildman–Crippen LogP) is 1.76. The van der Waals surface area contributed by atoms with Crippen molar-refractivity contribution in [3.8, 4) is 0 Å². The Labute approximate surface area is 157 Å². The van der Waals surface area contributed by atoms with Crippen LogP contribution in [0.3, 0.4) is 0 Å². The van der Waals surface area contributed by atoms with Crippen LogP contribution >= 0.6 is 0 Å². The lowest BCUT2D eigenvalue weighted by Gasteiger charge is -2.32. The summed E-state index contributed by atoms with van der Waals surface area (Å²) >= 11 is 0. The number of amidine groups is 1. The molecule has 1 atom stereocenters. The minimum Gasteiger partial charge on any atom is -0.398 e. The van der Waals surface area contributed by atoms with Gasteiger partial charge in [-0.25, -0.2) is 8.78 Å². The number of hydrogen-bond acceptors (Lipinski definition) is 6. The van der Waals surface area contributed by atoms with Gasteiger partial charge in [0.2, 0.25) is 0 Å². The predicted molar refractivity (Wildman–Crippen MR) is 100 cm³/mol. The van der Waals surface area contributed by atoms with Crippen molar-refractivity contribution in [2.24, 2.45) is 11.5 Å². The normalized spacial score (nSPS) is 22.9. The summed E-state index contributed by atoms with van der Waals surface area (Å²) in [6, 6.07) is 0. The molecule has 1 unspecified atom stereocenters. The molecule has 1 aliphatic heterocycles. The number of halogens is 2. The van der Waals surface area contributed by atoms with Gasteiger partial charge in [-0.15, -0.1) is 0 Å². The standard InChI is InChI=1S/C18H27F2N5O2/c1-26-8-9-27-12-2-3-14(21)13(10-12)17(24)15(22)11-16(23)25-6-4-18(19,20)5-7-25/h3,10-12,23-24H,2,4-9,21-22H2,1H3/b15-11-,23-16?,24-17?. The van der Waals surface area contributed by atoms with Crippen molar-refractivity contribution in [3.63, 3.8) is 0 Å². The largest absolute Gasteiger partial charge is 0.398 e. The van der Waals surface area contributed by atoms with Gasteiger partial charge < -0.3 is 25.8 Å². The molecular weight excluding hydrogens is 356 g/mol. The highest BCUT2D eigenvalue weighted by molar-refractivity contribution is 6.15. The maximum atomic E-state index is 13.2. The molecule has 0 radical (unpaired) electrons. The van der Waals surface area contributed by atoms with E-state index in [0.29, 0.717) is 30.9 Å². The van der Waals surface area contributed by atoms with Crippen LogP contribution in [0.4, 0.5) is 8.78 Å². The topological polar surface area (TPSA) is 121 Å². The highest BCUT2D eigenvalue weighted by Gasteiger charge is 2.34. The number of nitrogens with one attached hydrogen (secondary N) is 2. The van der Waals surface area contributed by atoms with Gasteiger partial charge in [0.15, 0.2) is 0 Å². The maximum absolute atomic E-state index is 13.2. The second kappa shape index (κ2) is 9.09. The number of hydrogen-bond donors (Lipinski definition) is 4. The Balaban J connectivity index is 2.02. The van der Waals surface area contributed by atoms with E-state index in [1.54, 1.807) is 19.3 Å². The van der Waals surface area contributed by atoms with Gasteiger partial charge in [0.1, 0.15) is 5.84 Å². The molecule has 1 aliphatic carbocycles. The minimum absolute atomic E-state index is 0.0135. The zero-order chi connectivity index (χ0) is 20.0. The van der Waals surface area contributed by atoms with Crippen molar-refractivity contribution in [2.75, 3.05) is 33.4 Å². The summed E-state index contributed by atoms with van der Waals surface area (Å²) in [7, 11) is 1.59. The molecular formula is C18H27F2N5O2. The SMILES string of the molecule is COCCOC1C=C(C(=N)/C(N)=C/C(=N)N2CCC(F)(F)CC2)C(N)=CC1. The molecule has 0 aromatic carbocycles. The van der Waals surface area contributed by atoms with Crippen LogP contribution in [-0.2, 0) is 9.47 Å². The van der Waals surface area contributed by atoms with Crippen LogP contribution in [0.2, 0.25) is 0 Å². The number of methoxy groups -OCH3 is 1. The zero-order valence-electron chi connectivity index (χ0n) is 15.4. The number of allylic oxidation sites excluding steroid dienone is 2. The summed E-state index contributed by atoms with van der Waals surface area (Å²) in [6.45, 7) is 1.05. The first kappa shape index (κ1) is 21.0. The molecule has 150 valence electrons. The Morgan fingerprint density at radius 2 is 2.00 bits per heavy atom. The van der Waals surface area contributed by atoms with E-state index in [1.807, 2.05) is 0 Å². The van der Waals surface area contributed by atoms with Crippen LogP contribution in [0, 0.1) is 10.8 Å². The Hall–Kier alpha value is -2.26. The molecule has 0 bridgehead atoms. The van der Waals surface area contributed by atoms with E-state index in [-0.39, 0.29) is 49.3 Å². The van der Waals surface area contributed by atoms with Gasteiger partial charge in [-0.2, -0.15) is 0 Å². The van der Waals surface area contributed by atoms with E-state index in [0.717, 1.165) is 0 Å². The Morgan fingerprint density at radius 1 is 1.33 bits per heavy atom. The molecule has 0 aromatic heterocycles. The fraction of sp³-hybridized carbons (Fsp3) is 0.556. The van der Waals surface area contributed by atoms with Gasteiger partial charge in [0.25, 0.3) is 5.92 Å². The minimum atomic E-state index is -2.68. The van der Waals surface area contributed by atoms with Gasteiger partial charge in [-0.05, 0) is 12.5 Å².